The van der Waals surface area contributed by atoms with Crippen LogP contribution < -0.4 is 5.73 Å². The summed E-state index contributed by atoms with van der Waals surface area (Å²) in [6, 6.07) is 7.38. The van der Waals surface area contributed by atoms with Crippen molar-refractivity contribution in [1.82, 2.24) is 4.90 Å². The minimum Gasteiger partial charge on any atom is -0.328 e. The van der Waals surface area contributed by atoms with Crippen LogP contribution >= 0.6 is 0 Å². The summed E-state index contributed by atoms with van der Waals surface area (Å²) in [5.41, 5.74) is 7.10. The molecule has 0 saturated carbocycles. The lowest BCUT2D eigenvalue weighted by atomic mass is 9.98. The lowest BCUT2D eigenvalue weighted by Gasteiger charge is -2.36. The summed E-state index contributed by atoms with van der Waals surface area (Å²) in [4.78, 5) is 2.36. The van der Waals surface area contributed by atoms with Crippen molar-refractivity contribution in [3.05, 3.63) is 35.4 Å². The lowest BCUT2D eigenvalue weighted by molar-refractivity contribution is 0.139. The third-order valence-electron chi connectivity index (χ3n) is 3.67. The summed E-state index contributed by atoms with van der Waals surface area (Å²) in [5.74, 6) is 0. The number of nitrogens with two attached hydrogens (primary N) is 1. The van der Waals surface area contributed by atoms with Gasteiger partial charge in [-0.1, -0.05) is 24.3 Å². The monoisotopic (exact) mass is 254 g/mol. The lowest BCUT2D eigenvalue weighted by Crippen LogP contribution is -2.44. The molecule has 2 unspecified atom stereocenters. The first-order valence-corrected chi connectivity index (χ1v) is 6.43. The van der Waals surface area contributed by atoms with E-state index in [2.05, 4.69) is 11.8 Å². The van der Waals surface area contributed by atoms with Gasteiger partial charge >= 0.3 is 0 Å². The Hall–Kier alpha value is -1.00. The number of hydrogen-bond acceptors (Lipinski definition) is 2. The van der Waals surface area contributed by atoms with E-state index < -0.39 is 6.43 Å². The average molecular weight is 254 g/mol. The van der Waals surface area contributed by atoms with Crippen molar-refractivity contribution in [3.63, 3.8) is 0 Å². The fraction of sp³-hybridized carbons (Fsp3) is 0.571. The topological polar surface area (TPSA) is 29.3 Å². The van der Waals surface area contributed by atoms with Gasteiger partial charge in [0.1, 0.15) is 0 Å². The van der Waals surface area contributed by atoms with Gasteiger partial charge in [0, 0.05) is 30.7 Å². The number of halogens is 2. The molecule has 4 heteroatoms. The Bertz CT molecular complexity index is 378. The quantitative estimate of drug-likeness (QED) is 0.898. The van der Waals surface area contributed by atoms with Crippen LogP contribution in [0.2, 0.25) is 0 Å². The van der Waals surface area contributed by atoms with Crippen LogP contribution in [-0.4, -0.2) is 23.5 Å². The number of likely N-dealkylation sites (tertiary alicyclic amines) is 1. The molecular formula is C14H20F2N2. The van der Waals surface area contributed by atoms with Crippen molar-refractivity contribution in [2.24, 2.45) is 5.73 Å². The molecule has 1 saturated heterocycles. The first-order chi connectivity index (χ1) is 8.56. The first kappa shape index (κ1) is 13.4. The van der Waals surface area contributed by atoms with Gasteiger partial charge in [0.25, 0.3) is 6.43 Å². The molecule has 0 aromatic heterocycles. The standard InChI is InChI=1S/C14H20F2N2/c1-10-8-13(17)6-7-18(10)9-11-2-4-12(5-3-11)14(15)16/h2-5,10,13-14H,6-9,17H2,1H3. The van der Waals surface area contributed by atoms with E-state index in [9.17, 15) is 8.78 Å². The summed E-state index contributed by atoms with van der Waals surface area (Å²) >= 11 is 0. The highest BCUT2D eigenvalue weighted by atomic mass is 19.3. The fourth-order valence-electron chi connectivity index (χ4n) is 2.50. The Morgan fingerprint density at radius 1 is 1.33 bits per heavy atom. The Kier molecular flexibility index (Phi) is 4.30. The van der Waals surface area contributed by atoms with Crippen LogP contribution in [0.1, 0.15) is 37.3 Å². The Morgan fingerprint density at radius 3 is 2.56 bits per heavy atom. The molecule has 1 aliphatic rings. The number of nitrogens with zero attached hydrogens (tertiary/aromatic N) is 1. The van der Waals surface area contributed by atoms with E-state index in [1.165, 1.54) is 12.1 Å². The minimum atomic E-state index is -2.38. The molecular weight excluding hydrogens is 234 g/mol. The van der Waals surface area contributed by atoms with Gasteiger partial charge in [-0.15, -0.1) is 0 Å². The highest BCUT2D eigenvalue weighted by molar-refractivity contribution is 5.23. The molecule has 2 rings (SSSR count). The van der Waals surface area contributed by atoms with Crippen LogP contribution in [0, 0.1) is 0 Å². The maximum absolute atomic E-state index is 12.4. The molecule has 2 N–H and O–H groups in total. The molecule has 1 fully saturated rings. The van der Waals surface area contributed by atoms with Gasteiger partial charge in [0.15, 0.2) is 0 Å². The summed E-state index contributed by atoms with van der Waals surface area (Å²) < 4.78 is 24.9. The molecule has 1 aromatic rings. The molecule has 0 spiro atoms. The molecule has 2 atom stereocenters. The SMILES string of the molecule is CC1CC(N)CCN1Cc1ccc(C(F)F)cc1. The predicted molar refractivity (Wildman–Crippen MR) is 68.5 cm³/mol. The van der Waals surface area contributed by atoms with Crippen molar-refractivity contribution in [1.29, 1.82) is 0 Å². The number of piperidine rings is 1. The molecule has 2 nitrogen and oxygen atoms in total. The van der Waals surface area contributed by atoms with E-state index in [1.807, 2.05) is 0 Å². The van der Waals surface area contributed by atoms with Gasteiger partial charge in [-0.3, -0.25) is 4.90 Å². The van der Waals surface area contributed by atoms with E-state index in [4.69, 9.17) is 5.73 Å². The van der Waals surface area contributed by atoms with Gasteiger partial charge < -0.3 is 5.73 Å². The molecule has 1 heterocycles. The summed E-state index contributed by atoms with van der Waals surface area (Å²) in [6.45, 7) is 3.98. The third kappa shape index (κ3) is 3.27. The van der Waals surface area contributed by atoms with Crippen LogP contribution in [0.25, 0.3) is 0 Å². The summed E-state index contributed by atoms with van der Waals surface area (Å²) in [6.07, 6.45) is -0.361. The Balaban J connectivity index is 1.96. The van der Waals surface area contributed by atoms with Gasteiger partial charge in [0.05, 0.1) is 0 Å². The molecule has 100 valence electrons. The fourth-order valence-corrected chi connectivity index (χ4v) is 2.50. The minimum absolute atomic E-state index is 0.0902. The highest BCUT2D eigenvalue weighted by Crippen LogP contribution is 2.21. The smallest absolute Gasteiger partial charge is 0.263 e. The number of rotatable bonds is 3. The van der Waals surface area contributed by atoms with E-state index in [1.54, 1.807) is 12.1 Å². The van der Waals surface area contributed by atoms with Crippen molar-refractivity contribution < 1.29 is 8.78 Å². The molecule has 1 aliphatic heterocycles. The molecule has 18 heavy (non-hydrogen) atoms. The molecule has 1 aromatic carbocycles. The van der Waals surface area contributed by atoms with E-state index in [0.717, 1.165) is 31.5 Å². The zero-order chi connectivity index (χ0) is 13.1. The van der Waals surface area contributed by atoms with Crippen LogP contribution in [0.5, 0.6) is 0 Å². The van der Waals surface area contributed by atoms with Crippen molar-refractivity contribution in [3.8, 4) is 0 Å². The summed E-state index contributed by atoms with van der Waals surface area (Å²) in [5, 5.41) is 0. The van der Waals surface area contributed by atoms with Crippen molar-refractivity contribution >= 4 is 0 Å². The second kappa shape index (κ2) is 5.76. The maximum Gasteiger partial charge on any atom is 0.263 e. The van der Waals surface area contributed by atoms with Crippen LogP contribution in [-0.2, 0) is 6.54 Å². The molecule has 0 amide bonds. The molecule has 0 bridgehead atoms. The number of hydrogen-bond donors (Lipinski definition) is 1. The third-order valence-corrected chi connectivity index (χ3v) is 3.67. The highest BCUT2D eigenvalue weighted by Gasteiger charge is 2.22. The van der Waals surface area contributed by atoms with Crippen molar-refractivity contribution in [2.75, 3.05) is 6.54 Å². The van der Waals surface area contributed by atoms with E-state index in [-0.39, 0.29) is 5.56 Å². The summed E-state index contributed by atoms with van der Waals surface area (Å²) in [7, 11) is 0. The second-order valence-corrected chi connectivity index (χ2v) is 5.15. The van der Waals surface area contributed by atoms with Crippen LogP contribution in [0.15, 0.2) is 24.3 Å². The van der Waals surface area contributed by atoms with E-state index in [0.29, 0.717) is 12.1 Å². The largest absolute Gasteiger partial charge is 0.328 e. The predicted octanol–water partition coefficient (Wildman–Crippen LogP) is 2.94. The first-order valence-electron chi connectivity index (χ1n) is 6.43. The molecule has 0 aliphatic carbocycles. The van der Waals surface area contributed by atoms with Crippen LogP contribution in [0.4, 0.5) is 8.78 Å². The zero-order valence-corrected chi connectivity index (χ0v) is 10.7. The normalized spacial score (nSPS) is 25.6. The second-order valence-electron chi connectivity index (χ2n) is 5.15. The maximum atomic E-state index is 12.4. The Labute approximate surface area is 107 Å². The Morgan fingerprint density at radius 2 is 2.00 bits per heavy atom. The van der Waals surface area contributed by atoms with Crippen molar-refractivity contribution in [2.45, 2.75) is 44.8 Å². The number of benzene rings is 1. The van der Waals surface area contributed by atoms with Gasteiger partial charge in [0.2, 0.25) is 0 Å². The van der Waals surface area contributed by atoms with E-state index >= 15 is 0 Å². The van der Waals surface area contributed by atoms with Gasteiger partial charge in [-0.2, -0.15) is 0 Å². The van der Waals surface area contributed by atoms with Crippen LogP contribution in [0.3, 0.4) is 0 Å². The zero-order valence-electron chi connectivity index (χ0n) is 10.7. The average Bonchev–Trinajstić information content (AvgIpc) is 2.33. The van der Waals surface area contributed by atoms with Gasteiger partial charge in [-0.25, -0.2) is 8.78 Å². The number of alkyl halides is 2. The molecule has 0 radical (unpaired) electrons. The van der Waals surface area contributed by atoms with Gasteiger partial charge in [-0.05, 0) is 25.3 Å².